The third kappa shape index (κ3) is 4.78. The number of benzene rings is 2. The molecule has 1 N–H and O–H groups in total. The second-order valence-corrected chi connectivity index (χ2v) is 7.25. The molecule has 5 nitrogen and oxygen atoms in total. The summed E-state index contributed by atoms with van der Waals surface area (Å²) >= 11 is 7.37. The van der Waals surface area contributed by atoms with Crippen molar-refractivity contribution in [3.63, 3.8) is 0 Å². The van der Waals surface area contributed by atoms with Gasteiger partial charge >= 0.3 is 0 Å². The van der Waals surface area contributed by atoms with E-state index in [1.807, 2.05) is 54.0 Å². The number of aryl methyl sites for hydroxylation is 1. The maximum atomic E-state index is 11.9. The van der Waals surface area contributed by atoms with E-state index < -0.39 is 0 Å². The number of halogens is 1. The molecule has 138 valence electrons. The molecule has 1 amide bonds. The van der Waals surface area contributed by atoms with Gasteiger partial charge in [-0.05, 0) is 37.3 Å². The highest BCUT2D eigenvalue weighted by Gasteiger charge is 2.17. The predicted molar refractivity (Wildman–Crippen MR) is 110 cm³/mol. The number of nitrogens with zero attached hydrogens (tertiary/aromatic N) is 3. The largest absolute Gasteiger partial charge is 0.352 e. The fraction of sp³-hybridized carbons (Fsp3) is 0.150. The number of amides is 1. The number of nitrogens with one attached hydrogen (secondary N) is 1. The maximum Gasteiger partial charge on any atom is 0.230 e. The third-order valence-electron chi connectivity index (χ3n) is 3.77. The first-order valence-corrected chi connectivity index (χ1v) is 9.73. The van der Waals surface area contributed by atoms with Crippen molar-refractivity contribution < 1.29 is 4.79 Å². The van der Waals surface area contributed by atoms with Crippen LogP contribution in [0.5, 0.6) is 0 Å². The average Bonchev–Trinajstić information content (AvgIpc) is 3.09. The van der Waals surface area contributed by atoms with Crippen LogP contribution in [0.15, 0.2) is 66.3 Å². The van der Waals surface area contributed by atoms with Gasteiger partial charge in [-0.25, -0.2) is 0 Å². The Hall–Kier alpha value is -2.57. The number of rotatable bonds is 7. The molecule has 0 saturated carbocycles. The van der Waals surface area contributed by atoms with Crippen LogP contribution in [0.1, 0.15) is 5.56 Å². The Bertz CT molecular complexity index is 953. The van der Waals surface area contributed by atoms with Crippen LogP contribution in [0.25, 0.3) is 17.1 Å². The van der Waals surface area contributed by atoms with Crippen LogP contribution in [0, 0.1) is 6.92 Å². The first-order chi connectivity index (χ1) is 13.1. The van der Waals surface area contributed by atoms with Crippen molar-refractivity contribution in [1.29, 1.82) is 0 Å². The lowest BCUT2D eigenvalue weighted by Crippen LogP contribution is -2.25. The lowest BCUT2D eigenvalue weighted by atomic mass is 10.1. The molecule has 0 fully saturated rings. The molecule has 7 heteroatoms. The van der Waals surface area contributed by atoms with Crippen LogP contribution >= 0.6 is 23.4 Å². The Morgan fingerprint density at radius 1 is 1.26 bits per heavy atom. The number of hydrogen-bond acceptors (Lipinski definition) is 4. The highest BCUT2D eigenvalue weighted by molar-refractivity contribution is 7.99. The SMILES string of the molecule is C=CCNC(=O)CSc1nnc(-c2cccc(C)c2)n1-c1ccc(Cl)cc1. The van der Waals surface area contributed by atoms with Gasteiger partial charge in [-0.2, -0.15) is 0 Å². The minimum absolute atomic E-state index is 0.0809. The smallest absolute Gasteiger partial charge is 0.230 e. The summed E-state index contributed by atoms with van der Waals surface area (Å²) < 4.78 is 1.94. The molecule has 0 atom stereocenters. The summed E-state index contributed by atoms with van der Waals surface area (Å²) in [7, 11) is 0. The van der Waals surface area contributed by atoms with E-state index in [-0.39, 0.29) is 11.7 Å². The Morgan fingerprint density at radius 3 is 2.74 bits per heavy atom. The van der Waals surface area contributed by atoms with Crippen LogP contribution in [-0.4, -0.2) is 33.0 Å². The van der Waals surface area contributed by atoms with Crippen molar-refractivity contribution in [2.75, 3.05) is 12.3 Å². The Kier molecular flexibility index (Phi) is 6.32. The number of hydrogen-bond donors (Lipinski definition) is 1. The molecule has 0 aliphatic rings. The van der Waals surface area contributed by atoms with Crippen molar-refractivity contribution in [2.24, 2.45) is 0 Å². The number of aromatic nitrogens is 3. The van der Waals surface area contributed by atoms with Crippen LogP contribution in [0.4, 0.5) is 0 Å². The predicted octanol–water partition coefficient (Wildman–Crippen LogP) is 4.29. The van der Waals surface area contributed by atoms with E-state index in [1.165, 1.54) is 11.8 Å². The molecule has 0 unspecified atom stereocenters. The van der Waals surface area contributed by atoms with Gasteiger partial charge in [-0.1, -0.05) is 53.2 Å². The van der Waals surface area contributed by atoms with Gasteiger partial charge in [0.1, 0.15) is 0 Å². The summed E-state index contributed by atoms with van der Waals surface area (Å²) in [4.78, 5) is 11.9. The number of carbonyl (C=O) groups is 1. The van der Waals surface area contributed by atoms with E-state index in [1.54, 1.807) is 6.08 Å². The maximum absolute atomic E-state index is 11.9. The van der Waals surface area contributed by atoms with Gasteiger partial charge in [-0.3, -0.25) is 9.36 Å². The van der Waals surface area contributed by atoms with Gasteiger partial charge in [0.05, 0.1) is 5.75 Å². The molecule has 3 rings (SSSR count). The summed E-state index contributed by atoms with van der Waals surface area (Å²) in [5, 5.41) is 12.8. The Labute approximate surface area is 167 Å². The van der Waals surface area contributed by atoms with E-state index in [0.717, 1.165) is 22.6 Å². The minimum Gasteiger partial charge on any atom is -0.352 e. The van der Waals surface area contributed by atoms with Gasteiger partial charge in [0.25, 0.3) is 0 Å². The number of thioether (sulfide) groups is 1. The second kappa shape index (κ2) is 8.88. The Balaban J connectivity index is 1.97. The summed E-state index contributed by atoms with van der Waals surface area (Å²) in [6.07, 6.45) is 1.65. The van der Waals surface area contributed by atoms with Gasteiger partial charge in [0.2, 0.25) is 5.91 Å². The van der Waals surface area contributed by atoms with E-state index in [2.05, 4.69) is 28.2 Å². The van der Waals surface area contributed by atoms with E-state index in [9.17, 15) is 4.79 Å². The molecule has 0 bridgehead atoms. The van der Waals surface area contributed by atoms with E-state index in [0.29, 0.717) is 16.7 Å². The molecule has 2 aromatic carbocycles. The average molecular weight is 399 g/mol. The lowest BCUT2D eigenvalue weighted by Gasteiger charge is -2.11. The molecule has 1 aromatic heterocycles. The monoisotopic (exact) mass is 398 g/mol. The van der Waals surface area contributed by atoms with Crippen molar-refractivity contribution in [2.45, 2.75) is 12.1 Å². The third-order valence-corrected chi connectivity index (χ3v) is 4.95. The Morgan fingerprint density at radius 2 is 2.04 bits per heavy atom. The second-order valence-electron chi connectivity index (χ2n) is 5.87. The summed E-state index contributed by atoms with van der Waals surface area (Å²) in [5.41, 5.74) is 2.98. The van der Waals surface area contributed by atoms with Gasteiger partial charge in [-0.15, -0.1) is 16.8 Å². The fourth-order valence-electron chi connectivity index (χ4n) is 2.52. The van der Waals surface area contributed by atoms with Crippen LogP contribution in [0.3, 0.4) is 0 Å². The zero-order valence-electron chi connectivity index (χ0n) is 14.9. The zero-order valence-corrected chi connectivity index (χ0v) is 16.4. The molecule has 0 aliphatic heterocycles. The normalized spacial score (nSPS) is 10.6. The van der Waals surface area contributed by atoms with Crippen LogP contribution in [0.2, 0.25) is 5.02 Å². The minimum atomic E-state index is -0.0809. The molecular weight excluding hydrogens is 380 g/mol. The molecule has 0 spiro atoms. The van der Waals surface area contributed by atoms with Gasteiger partial charge in [0, 0.05) is 22.8 Å². The van der Waals surface area contributed by atoms with Crippen molar-refractivity contribution in [3.05, 3.63) is 71.8 Å². The van der Waals surface area contributed by atoms with Crippen LogP contribution in [-0.2, 0) is 4.79 Å². The zero-order chi connectivity index (χ0) is 19.2. The molecule has 0 radical (unpaired) electrons. The number of carbonyl (C=O) groups excluding carboxylic acids is 1. The summed E-state index contributed by atoms with van der Waals surface area (Å²) in [5.74, 6) is 0.880. The van der Waals surface area contributed by atoms with Crippen molar-refractivity contribution >= 4 is 29.3 Å². The standard InChI is InChI=1S/C20H19ClN4OS/c1-3-11-22-18(26)13-27-20-24-23-19(15-6-4-5-14(2)12-15)25(20)17-9-7-16(21)8-10-17/h3-10,12H,1,11,13H2,2H3,(H,22,26). The molecule has 1 heterocycles. The van der Waals surface area contributed by atoms with Crippen molar-refractivity contribution in [1.82, 2.24) is 20.1 Å². The first kappa shape index (κ1) is 19.2. The summed E-state index contributed by atoms with van der Waals surface area (Å²) in [6.45, 7) is 6.07. The lowest BCUT2D eigenvalue weighted by molar-refractivity contribution is -0.118. The van der Waals surface area contributed by atoms with E-state index in [4.69, 9.17) is 11.6 Å². The van der Waals surface area contributed by atoms with Crippen LogP contribution < -0.4 is 5.32 Å². The molecule has 0 aliphatic carbocycles. The molecular formula is C20H19ClN4OS. The molecule has 0 saturated heterocycles. The molecule has 27 heavy (non-hydrogen) atoms. The topological polar surface area (TPSA) is 59.8 Å². The van der Waals surface area contributed by atoms with Crippen molar-refractivity contribution in [3.8, 4) is 17.1 Å². The summed E-state index contributed by atoms with van der Waals surface area (Å²) in [6, 6.07) is 15.5. The van der Waals surface area contributed by atoms with Gasteiger partial charge < -0.3 is 5.32 Å². The fourth-order valence-corrected chi connectivity index (χ4v) is 3.43. The quantitative estimate of drug-likeness (QED) is 0.476. The highest BCUT2D eigenvalue weighted by atomic mass is 35.5. The highest BCUT2D eigenvalue weighted by Crippen LogP contribution is 2.29. The van der Waals surface area contributed by atoms with Gasteiger partial charge in [0.15, 0.2) is 11.0 Å². The molecule has 3 aromatic rings. The first-order valence-electron chi connectivity index (χ1n) is 8.37. The van der Waals surface area contributed by atoms with E-state index >= 15 is 0 Å².